The van der Waals surface area contributed by atoms with Crippen molar-refractivity contribution < 1.29 is 24.2 Å². The molecule has 0 radical (unpaired) electrons. The quantitative estimate of drug-likeness (QED) is 0.363. The largest absolute Gasteiger partial charge is 0.496 e. The Kier molecular flexibility index (Phi) is 6.36. The molecule has 4 aromatic rings. The van der Waals surface area contributed by atoms with Gasteiger partial charge in [-0.15, -0.1) is 0 Å². The van der Waals surface area contributed by atoms with E-state index in [0.29, 0.717) is 17.1 Å². The van der Waals surface area contributed by atoms with E-state index in [1.54, 1.807) is 18.2 Å². The lowest BCUT2D eigenvalue weighted by atomic mass is 10.0. The second kappa shape index (κ2) is 9.70. The number of anilines is 1. The minimum Gasteiger partial charge on any atom is -0.496 e. The summed E-state index contributed by atoms with van der Waals surface area (Å²) in [6.07, 6.45) is 0. The molecule has 0 saturated heterocycles. The highest BCUT2D eigenvalue weighted by atomic mass is 16.5. The van der Waals surface area contributed by atoms with Crippen molar-refractivity contribution in [2.24, 2.45) is 0 Å². The Labute approximate surface area is 191 Å². The second-order valence-electron chi connectivity index (χ2n) is 7.13. The smallest absolute Gasteiger partial charge is 0.341 e. The zero-order chi connectivity index (χ0) is 23.2. The minimum atomic E-state index is -1.20. The predicted octanol–water partition coefficient (Wildman–Crippen LogP) is 6.11. The summed E-state index contributed by atoms with van der Waals surface area (Å²) >= 11 is 0. The lowest BCUT2D eigenvalue weighted by molar-refractivity contribution is 0.0694. The van der Waals surface area contributed by atoms with E-state index in [2.05, 4.69) is 5.32 Å². The van der Waals surface area contributed by atoms with Crippen LogP contribution in [0.25, 0.3) is 11.1 Å². The van der Waals surface area contributed by atoms with Crippen molar-refractivity contribution in [3.05, 3.63) is 108 Å². The molecule has 4 aromatic carbocycles. The Hall–Kier alpha value is -4.58. The van der Waals surface area contributed by atoms with Gasteiger partial charge in [0.1, 0.15) is 22.8 Å². The summed E-state index contributed by atoms with van der Waals surface area (Å²) in [5.41, 5.74) is 2.11. The number of rotatable bonds is 7. The van der Waals surface area contributed by atoms with Crippen molar-refractivity contribution in [2.45, 2.75) is 0 Å². The van der Waals surface area contributed by atoms with Crippen molar-refractivity contribution in [1.29, 1.82) is 0 Å². The number of benzene rings is 4. The first-order chi connectivity index (χ1) is 16.1. The zero-order valence-corrected chi connectivity index (χ0v) is 17.8. The van der Waals surface area contributed by atoms with Crippen LogP contribution in [0.15, 0.2) is 97.1 Å². The van der Waals surface area contributed by atoms with E-state index >= 15 is 0 Å². The fourth-order valence-electron chi connectivity index (χ4n) is 3.44. The summed E-state index contributed by atoms with van der Waals surface area (Å²) < 4.78 is 11.2. The van der Waals surface area contributed by atoms with Gasteiger partial charge >= 0.3 is 5.97 Å². The SMILES string of the molecule is COc1cccc(NC(=O)c2ccc(-c3ccccc3)c(Oc3ccccc3)c2)c1C(=O)O. The molecule has 6 nitrogen and oxygen atoms in total. The Morgan fingerprint density at radius 3 is 2.15 bits per heavy atom. The molecule has 0 aliphatic carbocycles. The molecule has 4 rings (SSSR count). The van der Waals surface area contributed by atoms with Gasteiger partial charge in [-0.1, -0.05) is 54.6 Å². The van der Waals surface area contributed by atoms with Crippen LogP contribution in [0.5, 0.6) is 17.2 Å². The summed E-state index contributed by atoms with van der Waals surface area (Å²) in [5, 5.41) is 12.3. The summed E-state index contributed by atoms with van der Waals surface area (Å²) in [5.74, 6) is -0.372. The summed E-state index contributed by atoms with van der Waals surface area (Å²) in [6, 6.07) is 28.8. The van der Waals surface area contributed by atoms with Crippen LogP contribution in [-0.2, 0) is 0 Å². The molecule has 0 bridgehead atoms. The van der Waals surface area contributed by atoms with Gasteiger partial charge < -0.3 is 19.9 Å². The van der Waals surface area contributed by atoms with E-state index in [1.807, 2.05) is 66.7 Å². The van der Waals surface area contributed by atoms with Crippen molar-refractivity contribution in [3.63, 3.8) is 0 Å². The highest BCUT2D eigenvalue weighted by Gasteiger charge is 2.19. The number of para-hydroxylation sites is 1. The van der Waals surface area contributed by atoms with E-state index in [9.17, 15) is 14.7 Å². The third-order valence-corrected chi connectivity index (χ3v) is 5.01. The molecule has 0 saturated carbocycles. The molecule has 0 atom stereocenters. The maximum atomic E-state index is 13.0. The topological polar surface area (TPSA) is 84.9 Å². The number of amides is 1. The third-order valence-electron chi connectivity index (χ3n) is 5.01. The Morgan fingerprint density at radius 1 is 0.788 bits per heavy atom. The summed E-state index contributed by atoms with van der Waals surface area (Å²) in [6.45, 7) is 0. The number of nitrogens with one attached hydrogen (secondary N) is 1. The van der Waals surface area contributed by atoms with Crippen molar-refractivity contribution >= 4 is 17.6 Å². The molecule has 1 amide bonds. The minimum absolute atomic E-state index is 0.116. The van der Waals surface area contributed by atoms with Gasteiger partial charge in [0.25, 0.3) is 5.91 Å². The third kappa shape index (κ3) is 4.85. The number of hydrogen-bond acceptors (Lipinski definition) is 4. The molecule has 0 spiro atoms. The first kappa shape index (κ1) is 21.6. The Morgan fingerprint density at radius 2 is 1.48 bits per heavy atom. The van der Waals surface area contributed by atoms with Gasteiger partial charge in [0, 0.05) is 11.1 Å². The van der Waals surface area contributed by atoms with Crippen LogP contribution >= 0.6 is 0 Å². The number of carbonyl (C=O) groups excluding carboxylic acids is 1. The standard InChI is InChI=1S/C27H21NO5/c1-32-23-14-8-13-22(25(23)27(30)31)28-26(29)19-15-16-21(18-9-4-2-5-10-18)24(17-19)33-20-11-6-3-7-12-20/h2-17H,1H3,(H,28,29)(H,30,31). The van der Waals surface area contributed by atoms with Gasteiger partial charge in [-0.2, -0.15) is 0 Å². The number of hydrogen-bond donors (Lipinski definition) is 2. The van der Waals surface area contributed by atoms with Crippen LogP contribution < -0.4 is 14.8 Å². The van der Waals surface area contributed by atoms with Crippen molar-refractivity contribution in [2.75, 3.05) is 12.4 Å². The molecule has 2 N–H and O–H groups in total. The van der Waals surface area contributed by atoms with Crippen LogP contribution in [-0.4, -0.2) is 24.1 Å². The number of aromatic carboxylic acids is 1. The molecular weight excluding hydrogens is 418 g/mol. The molecule has 164 valence electrons. The Bertz CT molecular complexity index is 1290. The van der Waals surface area contributed by atoms with Crippen LogP contribution in [0.3, 0.4) is 0 Å². The Balaban J connectivity index is 1.71. The number of carbonyl (C=O) groups is 2. The van der Waals surface area contributed by atoms with Crippen LogP contribution in [0.2, 0.25) is 0 Å². The maximum Gasteiger partial charge on any atom is 0.341 e. The molecule has 0 heterocycles. The van der Waals surface area contributed by atoms with Crippen LogP contribution in [0, 0.1) is 0 Å². The fourth-order valence-corrected chi connectivity index (χ4v) is 3.44. The molecular formula is C27H21NO5. The maximum absolute atomic E-state index is 13.0. The van der Waals surface area contributed by atoms with Gasteiger partial charge in [0.2, 0.25) is 0 Å². The molecule has 0 fully saturated rings. The first-order valence-electron chi connectivity index (χ1n) is 10.2. The van der Waals surface area contributed by atoms with E-state index in [0.717, 1.165) is 11.1 Å². The number of methoxy groups -OCH3 is 1. The van der Waals surface area contributed by atoms with E-state index in [1.165, 1.54) is 19.2 Å². The van der Waals surface area contributed by atoms with E-state index < -0.39 is 11.9 Å². The van der Waals surface area contributed by atoms with Gasteiger partial charge in [-0.25, -0.2) is 4.79 Å². The van der Waals surface area contributed by atoms with Gasteiger partial charge in [-0.05, 0) is 48.0 Å². The number of carboxylic acids is 1. The van der Waals surface area contributed by atoms with Gasteiger partial charge in [0.05, 0.1) is 12.8 Å². The lowest BCUT2D eigenvalue weighted by Crippen LogP contribution is -2.15. The molecule has 33 heavy (non-hydrogen) atoms. The number of carboxylic acid groups (broad SMARTS) is 1. The van der Waals surface area contributed by atoms with E-state index in [4.69, 9.17) is 9.47 Å². The summed E-state index contributed by atoms with van der Waals surface area (Å²) in [7, 11) is 1.38. The van der Waals surface area contributed by atoms with E-state index in [-0.39, 0.29) is 17.0 Å². The van der Waals surface area contributed by atoms with Gasteiger partial charge in [0.15, 0.2) is 0 Å². The number of ether oxygens (including phenoxy) is 2. The normalized spacial score (nSPS) is 10.3. The average molecular weight is 439 g/mol. The summed E-state index contributed by atoms with van der Waals surface area (Å²) in [4.78, 5) is 24.8. The lowest BCUT2D eigenvalue weighted by Gasteiger charge is -2.15. The van der Waals surface area contributed by atoms with Crippen molar-refractivity contribution in [1.82, 2.24) is 0 Å². The average Bonchev–Trinajstić information content (AvgIpc) is 2.84. The first-order valence-corrected chi connectivity index (χ1v) is 10.2. The van der Waals surface area contributed by atoms with Crippen LogP contribution in [0.4, 0.5) is 5.69 Å². The fraction of sp³-hybridized carbons (Fsp3) is 0.0370. The predicted molar refractivity (Wildman–Crippen MR) is 126 cm³/mol. The van der Waals surface area contributed by atoms with Crippen molar-refractivity contribution in [3.8, 4) is 28.4 Å². The molecule has 0 unspecified atom stereocenters. The van der Waals surface area contributed by atoms with Gasteiger partial charge in [-0.3, -0.25) is 4.79 Å². The zero-order valence-electron chi connectivity index (χ0n) is 17.8. The molecule has 0 aromatic heterocycles. The second-order valence-corrected chi connectivity index (χ2v) is 7.13. The molecule has 6 heteroatoms. The highest BCUT2D eigenvalue weighted by Crippen LogP contribution is 2.35. The van der Waals surface area contributed by atoms with Crippen LogP contribution in [0.1, 0.15) is 20.7 Å². The highest BCUT2D eigenvalue weighted by molar-refractivity contribution is 6.09. The monoisotopic (exact) mass is 439 g/mol. The molecule has 0 aliphatic heterocycles. The molecule has 0 aliphatic rings.